The summed E-state index contributed by atoms with van der Waals surface area (Å²) in [5.41, 5.74) is 1.15. The zero-order valence-electron chi connectivity index (χ0n) is 14.2. The highest BCUT2D eigenvalue weighted by Gasteiger charge is 2.24. The quantitative estimate of drug-likeness (QED) is 0.671. The lowest BCUT2D eigenvalue weighted by molar-refractivity contribution is 0.146. The van der Waals surface area contributed by atoms with Crippen LogP contribution in [0.1, 0.15) is 19.4 Å². The van der Waals surface area contributed by atoms with Crippen LogP contribution < -0.4 is 20.1 Å². The highest BCUT2D eigenvalue weighted by Crippen LogP contribution is 2.28. The van der Waals surface area contributed by atoms with Gasteiger partial charge in [-0.25, -0.2) is 0 Å². The largest absolute Gasteiger partial charge is 0.493 e. The fourth-order valence-corrected chi connectivity index (χ4v) is 2.53. The van der Waals surface area contributed by atoms with Gasteiger partial charge in [0.25, 0.3) is 0 Å². The monoisotopic (exact) mass is 344 g/mol. The third-order valence-corrected chi connectivity index (χ3v) is 3.84. The molecular weight excluding hydrogens is 316 g/mol. The van der Waals surface area contributed by atoms with Crippen LogP contribution in [-0.4, -0.2) is 44.6 Å². The molecule has 0 amide bonds. The molecule has 2 rings (SSSR count). The third-order valence-electron chi connectivity index (χ3n) is 3.84. The van der Waals surface area contributed by atoms with E-state index in [-0.39, 0.29) is 24.4 Å². The summed E-state index contributed by atoms with van der Waals surface area (Å²) in [7, 11) is 1.66. The lowest BCUT2D eigenvalue weighted by Gasteiger charge is -2.16. The van der Waals surface area contributed by atoms with Crippen molar-refractivity contribution in [2.75, 3.05) is 33.4 Å². The zero-order valence-corrected chi connectivity index (χ0v) is 15.0. The highest BCUT2D eigenvalue weighted by atomic mass is 35.5. The van der Waals surface area contributed by atoms with Gasteiger partial charge < -0.3 is 25.2 Å². The van der Waals surface area contributed by atoms with E-state index in [1.807, 2.05) is 18.2 Å². The second kappa shape index (κ2) is 9.98. The number of aliphatic hydroxyl groups is 1. The molecule has 2 atom stereocenters. The molecule has 2 unspecified atom stereocenters. The molecule has 1 aromatic rings. The lowest BCUT2D eigenvalue weighted by Crippen LogP contribution is -2.30. The molecule has 5 nitrogen and oxygen atoms in total. The van der Waals surface area contributed by atoms with Crippen LogP contribution in [0.25, 0.3) is 0 Å². The molecule has 6 heteroatoms. The Kier molecular flexibility index (Phi) is 8.69. The minimum Gasteiger partial charge on any atom is -0.493 e. The van der Waals surface area contributed by atoms with E-state index < -0.39 is 0 Å². The summed E-state index contributed by atoms with van der Waals surface area (Å²) in [6.07, 6.45) is -0.242. The van der Waals surface area contributed by atoms with E-state index in [2.05, 4.69) is 24.5 Å². The number of β-amino-alcohol motifs (C(OH)–C–C–N with tert-alkyl or cyclic N) is 1. The number of hydrogen-bond acceptors (Lipinski definition) is 5. The predicted molar refractivity (Wildman–Crippen MR) is 94.6 cm³/mol. The molecule has 1 heterocycles. The van der Waals surface area contributed by atoms with E-state index in [4.69, 9.17) is 9.47 Å². The maximum absolute atomic E-state index is 9.78. The first-order valence-corrected chi connectivity index (χ1v) is 7.99. The van der Waals surface area contributed by atoms with Crippen LogP contribution in [0.5, 0.6) is 11.5 Å². The number of aliphatic hydroxyl groups excluding tert-OH is 1. The van der Waals surface area contributed by atoms with E-state index in [9.17, 15) is 5.11 Å². The summed E-state index contributed by atoms with van der Waals surface area (Å²) in [6.45, 7) is 8.06. The van der Waals surface area contributed by atoms with Gasteiger partial charge >= 0.3 is 0 Å². The number of halogens is 1. The van der Waals surface area contributed by atoms with Gasteiger partial charge in [0.05, 0.1) is 19.8 Å². The van der Waals surface area contributed by atoms with Crippen molar-refractivity contribution >= 4 is 12.4 Å². The maximum atomic E-state index is 9.78. The zero-order chi connectivity index (χ0) is 15.9. The number of nitrogens with one attached hydrogen (secondary N) is 2. The first kappa shape index (κ1) is 20.0. The van der Waals surface area contributed by atoms with Crippen LogP contribution in [-0.2, 0) is 6.54 Å². The molecule has 0 spiro atoms. The van der Waals surface area contributed by atoms with Gasteiger partial charge in [0, 0.05) is 32.1 Å². The molecule has 1 aromatic carbocycles. The predicted octanol–water partition coefficient (Wildman–Crippen LogP) is 1.82. The topological polar surface area (TPSA) is 62.8 Å². The normalized spacial score (nSPS) is 20.4. The summed E-state index contributed by atoms with van der Waals surface area (Å²) in [5, 5.41) is 16.4. The van der Waals surface area contributed by atoms with Gasteiger partial charge in [-0.1, -0.05) is 19.9 Å². The number of rotatable bonds is 8. The smallest absolute Gasteiger partial charge is 0.161 e. The van der Waals surface area contributed by atoms with Crippen LogP contribution in [0.15, 0.2) is 18.2 Å². The molecule has 0 aromatic heterocycles. The molecule has 3 N–H and O–H groups in total. The summed E-state index contributed by atoms with van der Waals surface area (Å²) < 4.78 is 11.2. The first-order valence-electron chi connectivity index (χ1n) is 7.99. The second-order valence-corrected chi connectivity index (χ2v) is 6.31. The van der Waals surface area contributed by atoms with Crippen molar-refractivity contribution in [3.8, 4) is 11.5 Å². The second-order valence-electron chi connectivity index (χ2n) is 6.31. The van der Waals surface area contributed by atoms with Crippen molar-refractivity contribution in [1.29, 1.82) is 0 Å². The Balaban J connectivity index is 0.00000264. The van der Waals surface area contributed by atoms with Gasteiger partial charge in [0.1, 0.15) is 0 Å². The van der Waals surface area contributed by atoms with Gasteiger partial charge in [-0.2, -0.15) is 0 Å². The van der Waals surface area contributed by atoms with Gasteiger partial charge in [-0.15, -0.1) is 12.4 Å². The summed E-state index contributed by atoms with van der Waals surface area (Å²) in [5.74, 6) is 2.32. The molecule has 1 saturated heterocycles. The minimum atomic E-state index is -0.242. The molecular formula is C17H29ClN2O3. The van der Waals surface area contributed by atoms with Crippen molar-refractivity contribution < 1.29 is 14.6 Å². The Morgan fingerprint density at radius 2 is 2.09 bits per heavy atom. The average molecular weight is 345 g/mol. The Hall–Kier alpha value is -1.01. The van der Waals surface area contributed by atoms with Crippen molar-refractivity contribution in [1.82, 2.24) is 10.6 Å². The van der Waals surface area contributed by atoms with Crippen molar-refractivity contribution in [3.63, 3.8) is 0 Å². The summed E-state index contributed by atoms with van der Waals surface area (Å²) in [4.78, 5) is 0. The van der Waals surface area contributed by atoms with Crippen LogP contribution in [0.3, 0.4) is 0 Å². The molecule has 0 bridgehead atoms. The van der Waals surface area contributed by atoms with Gasteiger partial charge in [0.15, 0.2) is 11.5 Å². The number of hydrogen-bond donors (Lipinski definition) is 3. The maximum Gasteiger partial charge on any atom is 0.161 e. The van der Waals surface area contributed by atoms with Crippen LogP contribution in [0, 0.1) is 11.8 Å². The SMILES string of the molecule is COc1ccc(CNCC2CNCC2O)cc1OCC(C)C.Cl. The molecule has 1 fully saturated rings. The molecule has 1 aliphatic rings. The highest BCUT2D eigenvalue weighted by molar-refractivity contribution is 5.85. The first-order chi connectivity index (χ1) is 10.6. The molecule has 0 saturated carbocycles. The number of ether oxygens (including phenoxy) is 2. The van der Waals surface area contributed by atoms with Crippen molar-refractivity contribution in [2.45, 2.75) is 26.5 Å². The van der Waals surface area contributed by atoms with Crippen LogP contribution >= 0.6 is 12.4 Å². The van der Waals surface area contributed by atoms with E-state index in [1.165, 1.54) is 0 Å². The van der Waals surface area contributed by atoms with Crippen molar-refractivity contribution in [3.05, 3.63) is 23.8 Å². The van der Waals surface area contributed by atoms with Gasteiger partial charge in [-0.05, 0) is 23.6 Å². The molecule has 0 aliphatic carbocycles. The molecule has 132 valence electrons. The molecule has 23 heavy (non-hydrogen) atoms. The Morgan fingerprint density at radius 1 is 1.30 bits per heavy atom. The summed E-state index contributed by atoms with van der Waals surface area (Å²) >= 11 is 0. The van der Waals surface area contributed by atoms with E-state index in [0.717, 1.165) is 36.7 Å². The number of benzene rings is 1. The van der Waals surface area contributed by atoms with Crippen LogP contribution in [0.2, 0.25) is 0 Å². The van der Waals surface area contributed by atoms with Gasteiger partial charge in [-0.3, -0.25) is 0 Å². The Bertz CT molecular complexity index is 471. The Labute approximate surface area is 145 Å². The Morgan fingerprint density at radius 3 is 2.70 bits per heavy atom. The van der Waals surface area contributed by atoms with Crippen molar-refractivity contribution in [2.24, 2.45) is 11.8 Å². The molecule has 1 aliphatic heterocycles. The van der Waals surface area contributed by atoms with Gasteiger partial charge in [0.2, 0.25) is 0 Å². The molecule has 0 radical (unpaired) electrons. The van der Waals surface area contributed by atoms with Crippen LogP contribution in [0.4, 0.5) is 0 Å². The lowest BCUT2D eigenvalue weighted by atomic mass is 10.1. The van der Waals surface area contributed by atoms with E-state index >= 15 is 0 Å². The van der Waals surface area contributed by atoms with E-state index in [1.54, 1.807) is 7.11 Å². The summed E-state index contributed by atoms with van der Waals surface area (Å²) in [6, 6.07) is 6.01. The number of methoxy groups -OCH3 is 1. The minimum absolute atomic E-state index is 0. The van der Waals surface area contributed by atoms with E-state index in [0.29, 0.717) is 19.1 Å². The third kappa shape index (κ3) is 6.18. The fraction of sp³-hybridized carbons (Fsp3) is 0.647. The standard InChI is InChI=1S/C17H28N2O3.ClH/c1-12(2)11-22-17-6-13(4-5-16(17)21-3)7-18-8-14-9-19-10-15(14)20;/h4-6,12,14-15,18-20H,7-11H2,1-3H3;1H. The fourth-order valence-electron chi connectivity index (χ4n) is 2.53. The average Bonchev–Trinajstić information content (AvgIpc) is 2.90.